The average Bonchev–Trinajstić information content (AvgIpc) is 2.20. The second-order valence-electron chi connectivity index (χ2n) is 3.73. The van der Waals surface area contributed by atoms with Gasteiger partial charge >= 0.3 is 36.0 Å². The van der Waals surface area contributed by atoms with E-state index in [9.17, 15) is 61.5 Å². The van der Waals surface area contributed by atoms with Crippen LogP contribution >= 0.6 is 0 Å². The van der Waals surface area contributed by atoms with E-state index in [0.29, 0.717) is 0 Å². The van der Waals surface area contributed by atoms with Crippen LogP contribution in [0.3, 0.4) is 0 Å². The Hall–Kier alpha value is -1.24. The SMILES string of the molecule is FC(F)(F)C(F)(F)/C=C/C(F)(F)C(F)(C(F)(F)F)C(F)(F)F. The molecule has 14 heteroatoms. The summed E-state index contributed by atoms with van der Waals surface area (Å²) in [4.78, 5) is 0. The maximum Gasteiger partial charge on any atom is 0.457 e. The minimum atomic E-state index is -7.36. The Kier molecular flexibility index (Phi) is 4.86. The molecular weight excluding hydrogens is 362 g/mol. The second kappa shape index (κ2) is 5.15. The molecule has 0 aliphatic carbocycles. The minimum absolute atomic E-state index is 1.99. The molecule has 0 heterocycles. The first kappa shape index (κ1) is 20.8. The lowest BCUT2D eigenvalue weighted by Crippen LogP contribution is -2.63. The molecule has 0 radical (unpaired) electrons. The van der Waals surface area contributed by atoms with E-state index >= 15 is 0 Å². The fourth-order valence-corrected chi connectivity index (χ4v) is 0.957. The fourth-order valence-electron chi connectivity index (χ4n) is 0.957. The van der Waals surface area contributed by atoms with Crippen LogP contribution in [0.1, 0.15) is 0 Å². The first-order chi connectivity index (χ1) is 9.21. The van der Waals surface area contributed by atoms with E-state index in [1.807, 2.05) is 0 Å². The first-order valence-electron chi connectivity index (χ1n) is 4.56. The molecule has 0 rings (SSSR count). The molecular formula is C8H2F14. The molecule has 0 atom stereocenters. The molecule has 0 unspecified atom stereocenters. The van der Waals surface area contributed by atoms with E-state index in [4.69, 9.17) is 0 Å². The topological polar surface area (TPSA) is 0 Å². The van der Waals surface area contributed by atoms with Crippen LogP contribution in [-0.4, -0.2) is 36.0 Å². The third-order valence-corrected chi connectivity index (χ3v) is 2.12. The van der Waals surface area contributed by atoms with Crippen molar-refractivity contribution in [2.75, 3.05) is 0 Å². The van der Waals surface area contributed by atoms with E-state index in [1.54, 1.807) is 0 Å². The summed E-state index contributed by atoms with van der Waals surface area (Å²) in [7, 11) is 0. The van der Waals surface area contributed by atoms with Gasteiger partial charge in [0.1, 0.15) is 0 Å². The van der Waals surface area contributed by atoms with Crippen molar-refractivity contribution in [3.8, 4) is 0 Å². The van der Waals surface area contributed by atoms with Crippen LogP contribution in [0.15, 0.2) is 12.2 Å². The smallest absolute Gasteiger partial charge is 0.216 e. The summed E-state index contributed by atoms with van der Waals surface area (Å²) in [5, 5.41) is 0. The molecule has 22 heavy (non-hydrogen) atoms. The van der Waals surface area contributed by atoms with Gasteiger partial charge in [0.2, 0.25) is 0 Å². The number of hydrogen-bond acceptors (Lipinski definition) is 0. The largest absolute Gasteiger partial charge is 0.457 e. The molecule has 0 bridgehead atoms. The molecule has 0 aromatic rings. The van der Waals surface area contributed by atoms with E-state index in [1.165, 1.54) is 0 Å². The summed E-state index contributed by atoms with van der Waals surface area (Å²) in [5.74, 6) is -13.0. The van der Waals surface area contributed by atoms with Gasteiger partial charge in [0, 0.05) is 0 Å². The van der Waals surface area contributed by atoms with Crippen molar-refractivity contribution in [1.29, 1.82) is 0 Å². The molecule has 0 saturated carbocycles. The van der Waals surface area contributed by atoms with Gasteiger partial charge in [-0.1, -0.05) is 0 Å². The van der Waals surface area contributed by atoms with Crippen LogP contribution < -0.4 is 0 Å². The van der Waals surface area contributed by atoms with Crippen molar-refractivity contribution < 1.29 is 61.5 Å². The van der Waals surface area contributed by atoms with Gasteiger partial charge in [0.15, 0.2) is 0 Å². The number of hydrogen-bond donors (Lipinski definition) is 0. The first-order valence-corrected chi connectivity index (χ1v) is 4.56. The highest BCUT2D eigenvalue weighted by Gasteiger charge is 2.83. The maximum absolute atomic E-state index is 12.9. The summed E-state index contributed by atoms with van der Waals surface area (Å²) in [5.41, 5.74) is -7.36. The maximum atomic E-state index is 12.9. The standard InChI is InChI=1S/C8H2F14/c9-3(10,1-2-4(11,12)6(14,15)16)5(13,7(17,18)19)8(20,21)22/h1-2H/b2-1+. The van der Waals surface area contributed by atoms with Gasteiger partial charge in [-0.05, 0) is 12.2 Å². The highest BCUT2D eigenvalue weighted by Crippen LogP contribution is 2.55. The van der Waals surface area contributed by atoms with Gasteiger partial charge in [0.05, 0.1) is 0 Å². The van der Waals surface area contributed by atoms with Crippen LogP contribution in [0.5, 0.6) is 0 Å². The Labute approximate surface area is 111 Å². The van der Waals surface area contributed by atoms with Crippen molar-refractivity contribution in [3.05, 3.63) is 12.2 Å². The van der Waals surface area contributed by atoms with Crippen molar-refractivity contribution in [3.63, 3.8) is 0 Å². The second-order valence-corrected chi connectivity index (χ2v) is 3.73. The zero-order valence-electron chi connectivity index (χ0n) is 9.45. The third-order valence-electron chi connectivity index (χ3n) is 2.12. The van der Waals surface area contributed by atoms with Crippen LogP contribution in [0, 0.1) is 0 Å². The summed E-state index contributed by atoms with van der Waals surface area (Å²) in [6, 6.07) is 0. The average molecular weight is 364 g/mol. The third kappa shape index (κ3) is 3.39. The van der Waals surface area contributed by atoms with Gasteiger partial charge in [0.25, 0.3) is 0 Å². The lowest BCUT2D eigenvalue weighted by atomic mass is 9.95. The molecule has 0 fully saturated rings. The molecule has 0 saturated heterocycles. The van der Waals surface area contributed by atoms with Crippen molar-refractivity contribution in [2.24, 2.45) is 0 Å². The number of rotatable bonds is 3. The minimum Gasteiger partial charge on any atom is -0.216 e. The number of halogens is 14. The normalized spacial score (nSPS) is 16.5. The van der Waals surface area contributed by atoms with Gasteiger partial charge in [-0.15, -0.1) is 0 Å². The van der Waals surface area contributed by atoms with E-state index in [2.05, 4.69) is 0 Å². The summed E-state index contributed by atoms with van der Waals surface area (Å²) < 4.78 is 169. The van der Waals surface area contributed by atoms with E-state index in [-0.39, 0.29) is 0 Å². The summed E-state index contributed by atoms with van der Waals surface area (Å²) in [6.07, 6.45) is -25.4. The number of allylic oxidation sites excluding steroid dienone is 2. The molecule has 0 N–H and O–H groups in total. The van der Waals surface area contributed by atoms with Gasteiger partial charge in [-0.2, -0.15) is 57.1 Å². The molecule has 0 nitrogen and oxygen atoms in total. The number of alkyl halides is 14. The van der Waals surface area contributed by atoms with E-state index < -0.39 is 48.2 Å². The Morgan fingerprint density at radius 2 is 0.636 bits per heavy atom. The van der Waals surface area contributed by atoms with Crippen LogP contribution in [-0.2, 0) is 0 Å². The van der Waals surface area contributed by atoms with Crippen LogP contribution in [0.2, 0.25) is 0 Å². The lowest BCUT2D eigenvalue weighted by molar-refractivity contribution is -0.387. The predicted octanol–water partition coefficient (Wildman–Crippen LogP) is 5.21. The molecule has 0 aliphatic rings. The Morgan fingerprint density at radius 1 is 0.364 bits per heavy atom. The van der Waals surface area contributed by atoms with Gasteiger partial charge in [-0.25, -0.2) is 4.39 Å². The molecule has 132 valence electrons. The Balaban J connectivity index is 6.00. The van der Waals surface area contributed by atoms with Gasteiger partial charge in [-0.3, -0.25) is 0 Å². The van der Waals surface area contributed by atoms with Crippen LogP contribution in [0.25, 0.3) is 0 Å². The molecule has 0 aliphatic heterocycles. The summed E-state index contributed by atoms with van der Waals surface area (Å²) in [6.45, 7) is 0. The highest BCUT2D eigenvalue weighted by molar-refractivity contribution is 5.17. The molecule has 0 spiro atoms. The zero-order chi connectivity index (χ0) is 18.4. The van der Waals surface area contributed by atoms with Crippen molar-refractivity contribution in [1.82, 2.24) is 0 Å². The predicted molar refractivity (Wildman–Crippen MR) is 41.0 cm³/mol. The fraction of sp³-hybridized carbons (Fsp3) is 0.750. The lowest BCUT2D eigenvalue weighted by Gasteiger charge is -2.34. The highest BCUT2D eigenvalue weighted by atomic mass is 19.4. The molecule has 0 amide bonds. The molecule has 0 aromatic carbocycles. The van der Waals surface area contributed by atoms with Crippen molar-refractivity contribution in [2.45, 2.75) is 36.0 Å². The zero-order valence-corrected chi connectivity index (χ0v) is 9.45. The van der Waals surface area contributed by atoms with E-state index in [0.717, 1.165) is 0 Å². The summed E-state index contributed by atoms with van der Waals surface area (Å²) >= 11 is 0. The molecule has 0 aromatic heterocycles. The monoisotopic (exact) mass is 364 g/mol. The van der Waals surface area contributed by atoms with Crippen molar-refractivity contribution >= 4 is 0 Å². The van der Waals surface area contributed by atoms with Crippen LogP contribution in [0.4, 0.5) is 61.5 Å². The Morgan fingerprint density at radius 3 is 0.864 bits per heavy atom. The Bertz CT molecular complexity index is 404. The quantitative estimate of drug-likeness (QED) is 0.477. The van der Waals surface area contributed by atoms with Gasteiger partial charge < -0.3 is 0 Å².